The van der Waals surface area contributed by atoms with Crippen LogP contribution in [0.25, 0.3) is 0 Å². The summed E-state index contributed by atoms with van der Waals surface area (Å²) in [4.78, 5) is 22.8. The Morgan fingerprint density at radius 2 is 1.94 bits per heavy atom. The third kappa shape index (κ3) is 5.07. The Bertz CT molecular complexity index is 270. The highest BCUT2D eigenvalue weighted by Gasteiger charge is 2.31. The number of carbonyl (C=O) groups excluding carboxylic acids is 1. The second kappa shape index (κ2) is 7.01. The van der Waals surface area contributed by atoms with Gasteiger partial charge in [0, 0.05) is 19.5 Å². The molecule has 0 aromatic carbocycles. The Hall–Kier alpha value is -0.420. The molecule has 0 saturated heterocycles. The van der Waals surface area contributed by atoms with Gasteiger partial charge < -0.3 is 9.79 Å². The molecule has 0 heterocycles. The molecule has 0 aliphatic heterocycles. The summed E-state index contributed by atoms with van der Waals surface area (Å²) in [6.45, 7) is 4.11. The van der Waals surface area contributed by atoms with Gasteiger partial charge in [0.1, 0.15) is 0 Å². The SMILES string of the molecule is CCC(=O)N(CC)P(=O)(O)OCCN(C)C. The van der Waals surface area contributed by atoms with Crippen LogP contribution in [0.15, 0.2) is 0 Å². The molecule has 0 aromatic rings. The molecule has 0 aliphatic rings. The van der Waals surface area contributed by atoms with E-state index in [0.717, 1.165) is 4.67 Å². The summed E-state index contributed by atoms with van der Waals surface area (Å²) in [6, 6.07) is 0. The number of nitrogens with zero attached hydrogens (tertiary/aromatic N) is 2. The van der Waals surface area contributed by atoms with Crippen molar-refractivity contribution in [3.63, 3.8) is 0 Å². The maximum Gasteiger partial charge on any atom is 0.434 e. The van der Waals surface area contributed by atoms with Crippen LogP contribution in [0.4, 0.5) is 0 Å². The normalized spacial score (nSPS) is 14.9. The van der Waals surface area contributed by atoms with Gasteiger partial charge >= 0.3 is 7.75 Å². The molecule has 0 radical (unpaired) electrons. The number of rotatable bonds is 7. The third-order valence-corrected chi connectivity index (χ3v) is 3.63. The van der Waals surface area contributed by atoms with Crippen LogP contribution in [0.3, 0.4) is 0 Å². The summed E-state index contributed by atoms with van der Waals surface area (Å²) in [5.74, 6) is -0.377. The van der Waals surface area contributed by atoms with Crippen LogP contribution in [0.2, 0.25) is 0 Å². The van der Waals surface area contributed by atoms with Crippen molar-refractivity contribution in [2.75, 3.05) is 33.8 Å². The van der Waals surface area contributed by atoms with Crippen molar-refractivity contribution in [2.45, 2.75) is 20.3 Å². The van der Waals surface area contributed by atoms with Gasteiger partial charge in [-0.2, -0.15) is 0 Å². The third-order valence-electron chi connectivity index (χ3n) is 1.99. The van der Waals surface area contributed by atoms with E-state index in [1.807, 2.05) is 19.0 Å². The highest BCUT2D eigenvalue weighted by Crippen LogP contribution is 2.46. The first-order valence-corrected chi connectivity index (χ1v) is 6.81. The van der Waals surface area contributed by atoms with Crippen molar-refractivity contribution in [3.05, 3.63) is 0 Å². The number of hydrogen-bond donors (Lipinski definition) is 1. The maximum absolute atomic E-state index is 11.7. The molecule has 1 amide bonds. The molecule has 96 valence electrons. The zero-order valence-electron chi connectivity index (χ0n) is 10.3. The Morgan fingerprint density at radius 3 is 2.31 bits per heavy atom. The van der Waals surface area contributed by atoms with Gasteiger partial charge in [-0.1, -0.05) is 6.92 Å². The largest absolute Gasteiger partial charge is 0.434 e. The summed E-state index contributed by atoms with van der Waals surface area (Å²) in [5, 5.41) is 0. The molecule has 6 nitrogen and oxygen atoms in total. The van der Waals surface area contributed by atoms with Crippen LogP contribution < -0.4 is 0 Å². The van der Waals surface area contributed by atoms with Crippen LogP contribution in [0, 0.1) is 0 Å². The second-order valence-corrected chi connectivity index (χ2v) is 5.31. The van der Waals surface area contributed by atoms with Gasteiger partial charge in [-0.05, 0) is 21.0 Å². The molecule has 7 heteroatoms. The lowest BCUT2D eigenvalue weighted by molar-refractivity contribution is -0.127. The van der Waals surface area contributed by atoms with Crippen molar-refractivity contribution in [3.8, 4) is 0 Å². The fourth-order valence-corrected chi connectivity index (χ4v) is 2.33. The fourth-order valence-electron chi connectivity index (χ4n) is 1.09. The summed E-state index contributed by atoms with van der Waals surface area (Å²) in [5.41, 5.74) is 0. The van der Waals surface area contributed by atoms with Crippen LogP contribution in [-0.2, 0) is 13.9 Å². The monoisotopic (exact) mass is 252 g/mol. The zero-order chi connectivity index (χ0) is 12.8. The van der Waals surface area contributed by atoms with Crippen molar-refractivity contribution in [2.24, 2.45) is 0 Å². The van der Waals surface area contributed by atoms with Crippen LogP contribution in [0.5, 0.6) is 0 Å². The first-order valence-electron chi connectivity index (χ1n) is 5.28. The van der Waals surface area contributed by atoms with Crippen molar-refractivity contribution in [1.29, 1.82) is 0 Å². The standard InChI is InChI=1S/C9H21N2O4P/c1-5-9(12)11(6-2)16(13,14)15-8-7-10(3)4/h5-8H2,1-4H3,(H,13,14). The first-order chi connectivity index (χ1) is 7.35. The van der Waals surface area contributed by atoms with E-state index in [9.17, 15) is 14.3 Å². The molecule has 0 saturated carbocycles. The molecule has 1 N–H and O–H groups in total. The first kappa shape index (κ1) is 15.6. The highest BCUT2D eigenvalue weighted by atomic mass is 31.2. The lowest BCUT2D eigenvalue weighted by atomic mass is 10.4. The molecular formula is C9H21N2O4P. The van der Waals surface area contributed by atoms with E-state index in [2.05, 4.69) is 0 Å². The smallest absolute Gasteiger partial charge is 0.308 e. The van der Waals surface area contributed by atoms with Gasteiger partial charge in [0.25, 0.3) is 0 Å². The van der Waals surface area contributed by atoms with Gasteiger partial charge in [-0.25, -0.2) is 9.24 Å². The number of hydrogen-bond acceptors (Lipinski definition) is 4. The summed E-state index contributed by atoms with van der Waals surface area (Å²) in [7, 11) is -0.307. The average molecular weight is 252 g/mol. The molecule has 16 heavy (non-hydrogen) atoms. The molecule has 0 rings (SSSR count). The molecule has 0 spiro atoms. The minimum absolute atomic E-state index is 0.119. The lowest BCUT2D eigenvalue weighted by Crippen LogP contribution is -2.29. The average Bonchev–Trinajstić information content (AvgIpc) is 2.16. The van der Waals surface area contributed by atoms with Gasteiger partial charge in [-0.3, -0.25) is 9.32 Å². The van der Waals surface area contributed by atoms with Crippen LogP contribution in [0.1, 0.15) is 20.3 Å². The Balaban J connectivity index is 4.38. The summed E-state index contributed by atoms with van der Waals surface area (Å²) >= 11 is 0. The summed E-state index contributed by atoms with van der Waals surface area (Å²) in [6.07, 6.45) is 0.190. The van der Waals surface area contributed by atoms with Crippen molar-refractivity contribution >= 4 is 13.7 Å². The predicted molar refractivity (Wildman–Crippen MR) is 62.0 cm³/mol. The van der Waals surface area contributed by atoms with E-state index in [1.54, 1.807) is 13.8 Å². The van der Waals surface area contributed by atoms with E-state index in [4.69, 9.17) is 4.52 Å². The summed E-state index contributed by atoms with van der Waals surface area (Å²) < 4.78 is 17.5. The highest BCUT2D eigenvalue weighted by molar-refractivity contribution is 7.51. The van der Waals surface area contributed by atoms with Gasteiger partial charge in [0.15, 0.2) is 0 Å². The molecule has 0 aliphatic carbocycles. The Morgan fingerprint density at radius 1 is 1.38 bits per heavy atom. The predicted octanol–water partition coefficient (Wildman–Crippen LogP) is 0.923. The van der Waals surface area contributed by atoms with Gasteiger partial charge in [0.2, 0.25) is 5.91 Å². The quantitative estimate of drug-likeness (QED) is 0.682. The fraction of sp³-hybridized carbons (Fsp3) is 0.889. The Kier molecular flexibility index (Phi) is 6.83. The Labute approximate surface area is 96.8 Å². The van der Waals surface area contributed by atoms with E-state index < -0.39 is 7.75 Å². The molecule has 0 aromatic heterocycles. The topological polar surface area (TPSA) is 70.1 Å². The van der Waals surface area contributed by atoms with Crippen molar-refractivity contribution in [1.82, 2.24) is 9.57 Å². The minimum Gasteiger partial charge on any atom is -0.308 e. The second-order valence-electron chi connectivity index (χ2n) is 3.59. The maximum atomic E-state index is 11.7. The molecule has 0 bridgehead atoms. The van der Waals surface area contributed by atoms with E-state index >= 15 is 0 Å². The van der Waals surface area contributed by atoms with Crippen LogP contribution in [-0.4, -0.2) is 54.2 Å². The molecule has 1 atom stereocenters. The number of carbonyl (C=O) groups is 1. The van der Waals surface area contributed by atoms with Crippen LogP contribution >= 0.6 is 7.75 Å². The zero-order valence-corrected chi connectivity index (χ0v) is 11.2. The van der Waals surface area contributed by atoms with E-state index in [-0.39, 0.29) is 25.5 Å². The minimum atomic E-state index is -3.97. The van der Waals surface area contributed by atoms with E-state index in [1.165, 1.54) is 0 Å². The number of likely N-dealkylation sites (N-methyl/N-ethyl adjacent to an activating group) is 1. The molecule has 0 fully saturated rings. The van der Waals surface area contributed by atoms with Gasteiger partial charge in [0.05, 0.1) is 6.61 Å². The molecule has 1 unspecified atom stereocenters. The number of amides is 1. The molecular weight excluding hydrogens is 231 g/mol. The van der Waals surface area contributed by atoms with E-state index in [0.29, 0.717) is 6.54 Å². The van der Waals surface area contributed by atoms with Gasteiger partial charge in [-0.15, -0.1) is 0 Å². The van der Waals surface area contributed by atoms with Crippen molar-refractivity contribution < 1.29 is 18.8 Å². The lowest BCUT2D eigenvalue weighted by Gasteiger charge is -2.25.